The summed E-state index contributed by atoms with van der Waals surface area (Å²) in [7, 11) is 1.61. The molecule has 1 saturated carbocycles. The molecule has 0 bridgehead atoms. The molecule has 3 aromatic rings. The summed E-state index contributed by atoms with van der Waals surface area (Å²) in [5.41, 5.74) is 8.67. The lowest BCUT2D eigenvalue weighted by Crippen LogP contribution is -2.46. The number of nitrogens with two attached hydrogens (primary N) is 1. The van der Waals surface area contributed by atoms with Gasteiger partial charge in [-0.25, -0.2) is 14.2 Å². The molecule has 1 aliphatic carbocycles. The standard InChI is InChI=1S/C26H26FN5O2/c1-29-22-12-7-17(14-21(22)27)25-30-23(26(33)31-13-3-4-18(28)15-31)24(16-5-6-16)32(25)19-8-10-20(34-2)11-9-19/h7-12,14,16,18H,3-6,13,15,28H2,2H3/t18-/m1/s1. The molecule has 1 atom stereocenters. The molecule has 2 fully saturated rings. The van der Waals surface area contributed by atoms with E-state index in [4.69, 9.17) is 22.0 Å². The van der Waals surface area contributed by atoms with Crippen LogP contribution in [0.2, 0.25) is 0 Å². The highest BCUT2D eigenvalue weighted by Crippen LogP contribution is 2.45. The van der Waals surface area contributed by atoms with E-state index < -0.39 is 5.82 Å². The molecule has 1 aliphatic heterocycles. The Morgan fingerprint density at radius 1 is 1.21 bits per heavy atom. The molecule has 8 heteroatoms. The number of likely N-dealkylation sites (tertiary alicyclic amines) is 1. The van der Waals surface area contributed by atoms with Crippen molar-refractivity contribution in [2.45, 2.75) is 37.6 Å². The highest BCUT2D eigenvalue weighted by atomic mass is 19.1. The molecule has 2 N–H and O–H groups in total. The maximum absolute atomic E-state index is 14.6. The molecule has 0 spiro atoms. The van der Waals surface area contributed by atoms with Gasteiger partial charge in [-0.3, -0.25) is 9.36 Å². The third kappa shape index (κ3) is 4.03. The van der Waals surface area contributed by atoms with E-state index >= 15 is 0 Å². The van der Waals surface area contributed by atoms with Crippen molar-refractivity contribution >= 4 is 11.6 Å². The van der Waals surface area contributed by atoms with Crippen molar-refractivity contribution in [2.24, 2.45) is 5.73 Å². The van der Waals surface area contributed by atoms with Crippen molar-refractivity contribution in [3.05, 3.63) is 71.1 Å². The SMILES string of the molecule is [C-]#[N+]c1ccc(-c2nc(C(=O)N3CCC[C@@H](N)C3)c(C3CC3)n2-c2ccc(OC)cc2)cc1F. The van der Waals surface area contributed by atoms with E-state index in [9.17, 15) is 9.18 Å². The summed E-state index contributed by atoms with van der Waals surface area (Å²) in [6, 6.07) is 11.9. The van der Waals surface area contributed by atoms with Crippen LogP contribution < -0.4 is 10.5 Å². The third-order valence-electron chi connectivity index (χ3n) is 6.48. The second-order valence-electron chi connectivity index (χ2n) is 8.91. The number of hydrogen-bond acceptors (Lipinski definition) is 4. The van der Waals surface area contributed by atoms with Gasteiger partial charge >= 0.3 is 0 Å². The first-order valence-corrected chi connectivity index (χ1v) is 11.5. The van der Waals surface area contributed by atoms with Gasteiger partial charge in [0, 0.05) is 36.3 Å². The number of nitrogens with zero attached hydrogens (tertiary/aromatic N) is 4. The van der Waals surface area contributed by atoms with E-state index in [-0.39, 0.29) is 23.6 Å². The van der Waals surface area contributed by atoms with Crippen molar-refractivity contribution in [1.82, 2.24) is 14.5 Å². The zero-order valence-electron chi connectivity index (χ0n) is 19.0. The van der Waals surface area contributed by atoms with Gasteiger partial charge in [-0.05, 0) is 56.0 Å². The highest BCUT2D eigenvalue weighted by molar-refractivity contribution is 5.95. The van der Waals surface area contributed by atoms with Crippen LogP contribution in [0.3, 0.4) is 0 Å². The van der Waals surface area contributed by atoms with Crippen LogP contribution >= 0.6 is 0 Å². The molecule has 5 rings (SSSR count). The van der Waals surface area contributed by atoms with E-state index in [1.54, 1.807) is 18.1 Å². The van der Waals surface area contributed by atoms with Crippen LogP contribution in [0.25, 0.3) is 21.9 Å². The minimum Gasteiger partial charge on any atom is -0.497 e. The monoisotopic (exact) mass is 459 g/mol. The van der Waals surface area contributed by atoms with E-state index in [1.165, 1.54) is 12.1 Å². The lowest BCUT2D eigenvalue weighted by molar-refractivity contribution is 0.0702. The quantitative estimate of drug-likeness (QED) is 0.562. The van der Waals surface area contributed by atoms with Crippen molar-refractivity contribution < 1.29 is 13.9 Å². The number of rotatable bonds is 5. The van der Waals surface area contributed by atoms with Crippen LogP contribution in [-0.4, -0.2) is 46.6 Å². The lowest BCUT2D eigenvalue weighted by Gasteiger charge is -2.30. The Kier molecular flexibility index (Phi) is 5.80. The third-order valence-corrected chi connectivity index (χ3v) is 6.48. The van der Waals surface area contributed by atoms with Gasteiger partial charge in [0.2, 0.25) is 5.69 Å². The first kappa shape index (κ1) is 22.1. The average Bonchev–Trinajstić information content (AvgIpc) is 3.62. The Hall–Kier alpha value is -3.70. The Morgan fingerprint density at radius 2 is 1.97 bits per heavy atom. The summed E-state index contributed by atoms with van der Waals surface area (Å²) >= 11 is 0. The van der Waals surface area contributed by atoms with Gasteiger partial charge in [0.15, 0.2) is 5.69 Å². The van der Waals surface area contributed by atoms with Crippen molar-refractivity contribution in [1.29, 1.82) is 0 Å². The number of amides is 1. The minimum atomic E-state index is -0.611. The smallest absolute Gasteiger partial charge is 0.274 e. The van der Waals surface area contributed by atoms with Gasteiger partial charge in [0.05, 0.1) is 19.4 Å². The number of carbonyl (C=O) groups excluding carboxylic acids is 1. The minimum absolute atomic E-state index is 0.0412. The first-order valence-electron chi connectivity index (χ1n) is 11.5. The largest absolute Gasteiger partial charge is 0.497 e. The number of carbonyl (C=O) groups is 1. The molecular weight excluding hydrogens is 433 g/mol. The van der Waals surface area contributed by atoms with Crippen LogP contribution in [0, 0.1) is 12.4 Å². The number of piperidine rings is 1. The average molecular weight is 460 g/mol. The number of methoxy groups -OCH3 is 1. The normalized spacial score (nSPS) is 17.9. The molecule has 2 heterocycles. The zero-order valence-corrected chi connectivity index (χ0v) is 19.0. The van der Waals surface area contributed by atoms with Gasteiger partial charge < -0.3 is 15.4 Å². The summed E-state index contributed by atoms with van der Waals surface area (Å²) in [6.07, 6.45) is 3.69. The number of halogens is 1. The van der Waals surface area contributed by atoms with Gasteiger partial charge in [-0.2, -0.15) is 0 Å². The van der Waals surface area contributed by atoms with Crippen molar-refractivity contribution in [3.63, 3.8) is 0 Å². The molecule has 1 aromatic heterocycles. The predicted molar refractivity (Wildman–Crippen MR) is 127 cm³/mol. The maximum Gasteiger partial charge on any atom is 0.274 e. The van der Waals surface area contributed by atoms with Crippen LogP contribution in [0.4, 0.5) is 10.1 Å². The van der Waals surface area contributed by atoms with Gasteiger partial charge in [-0.1, -0.05) is 12.1 Å². The van der Waals surface area contributed by atoms with E-state index in [0.29, 0.717) is 35.9 Å². The molecule has 7 nitrogen and oxygen atoms in total. The fraction of sp³-hybridized carbons (Fsp3) is 0.346. The molecule has 174 valence electrons. The summed E-state index contributed by atoms with van der Waals surface area (Å²) in [6.45, 7) is 8.31. The molecule has 2 aromatic carbocycles. The van der Waals surface area contributed by atoms with Crippen molar-refractivity contribution in [2.75, 3.05) is 20.2 Å². The van der Waals surface area contributed by atoms with Gasteiger partial charge in [0.1, 0.15) is 17.4 Å². The second kappa shape index (κ2) is 8.92. The Balaban J connectivity index is 1.69. The topological polar surface area (TPSA) is 77.7 Å². The van der Waals surface area contributed by atoms with E-state index in [1.807, 2.05) is 28.8 Å². The summed E-state index contributed by atoms with van der Waals surface area (Å²) in [5, 5.41) is 0. The Bertz CT molecular complexity index is 1270. The van der Waals surface area contributed by atoms with Gasteiger partial charge in [-0.15, -0.1) is 0 Å². The van der Waals surface area contributed by atoms with Crippen LogP contribution in [0.5, 0.6) is 5.75 Å². The molecule has 1 saturated heterocycles. The molecule has 1 amide bonds. The molecule has 2 aliphatic rings. The summed E-state index contributed by atoms with van der Waals surface area (Å²) in [5.74, 6) is 0.646. The highest BCUT2D eigenvalue weighted by Gasteiger charge is 2.37. The molecule has 34 heavy (non-hydrogen) atoms. The number of hydrogen-bond donors (Lipinski definition) is 1. The predicted octanol–water partition coefficient (Wildman–Crippen LogP) is 4.68. The summed E-state index contributed by atoms with van der Waals surface area (Å²) in [4.78, 5) is 23.5. The zero-order chi connectivity index (χ0) is 23.8. The molecule has 0 unspecified atom stereocenters. The maximum atomic E-state index is 14.6. The lowest BCUT2D eigenvalue weighted by atomic mass is 10.1. The van der Waals surface area contributed by atoms with E-state index in [0.717, 1.165) is 37.1 Å². The van der Waals surface area contributed by atoms with Crippen LogP contribution in [-0.2, 0) is 0 Å². The second-order valence-corrected chi connectivity index (χ2v) is 8.91. The number of benzene rings is 2. The number of aromatic nitrogens is 2. The van der Waals surface area contributed by atoms with Crippen LogP contribution in [0.1, 0.15) is 47.8 Å². The fourth-order valence-electron chi connectivity index (χ4n) is 4.59. The number of ether oxygens (including phenoxy) is 1. The number of imidazole rings is 1. The van der Waals surface area contributed by atoms with Crippen LogP contribution in [0.15, 0.2) is 42.5 Å². The molecule has 0 radical (unpaired) electrons. The summed E-state index contributed by atoms with van der Waals surface area (Å²) < 4.78 is 21.9. The van der Waals surface area contributed by atoms with E-state index in [2.05, 4.69) is 4.85 Å². The Morgan fingerprint density at radius 3 is 2.59 bits per heavy atom. The molecular formula is C26H26FN5O2. The van der Waals surface area contributed by atoms with Crippen molar-refractivity contribution in [3.8, 4) is 22.8 Å². The fourth-order valence-corrected chi connectivity index (χ4v) is 4.59. The van der Waals surface area contributed by atoms with Gasteiger partial charge in [0.25, 0.3) is 5.91 Å². The first-order chi connectivity index (χ1) is 16.5. The Labute approximate surface area is 197 Å².